The van der Waals surface area contributed by atoms with Crippen molar-refractivity contribution >= 4 is 39.2 Å². The van der Waals surface area contributed by atoms with E-state index < -0.39 is 0 Å². The van der Waals surface area contributed by atoms with Crippen molar-refractivity contribution in [3.05, 3.63) is 82.3 Å². The summed E-state index contributed by atoms with van der Waals surface area (Å²) in [7, 11) is 1.98. The summed E-state index contributed by atoms with van der Waals surface area (Å²) in [6.45, 7) is 4.96. The van der Waals surface area contributed by atoms with Gasteiger partial charge in [-0.05, 0) is 68.5 Å². The van der Waals surface area contributed by atoms with E-state index in [2.05, 4.69) is 30.1 Å². The van der Waals surface area contributed by atoms with Gasteiger partial charge < -0.3 is 19.6 Å². The number of nitrogens with one attached hydrogen (secondary N) is 1. The number of halogens is 1. The molecule has 0 radical (unpaired) electrons. The number of benzene rings is 3. The van der Waals surface area contributed by atoms with Crippen molar-refractivity contribution in [2.75, 3.05) is 19.8 Å². The molecule has 2 heterocycles. The van der Waals surface area contributed by atoms with Crippen LogP contribution in [0.1, 0.15) is 73.4 Å². The molecule has 0 bridgehead atoms. The topological polar surface area (TPSA) is 89.4 Å². The molecule has 5 aromatic rings. The van der Waals surface area contributed by atoms with Crippen LogP contribution >= 0.6 is 11.6 Å². The van der Waals surface area contributed by atoms with Crippen LogP contribution in [0.5, 0.6) is 5.75 Å². The largest absolute Gasteiger partial charge is 0.493 e. The number of hydrogen-bond donors (Lipinski definition) is 2. The number of carbonyl (C=O) groups excluding carboxylic acids is 1. The molecule has 7 nitrogen and oxygen atoms in total. The van der Waals surface area contributed by atoms with Crippen LogP contribution in [-0.4, -0.2) is 45.7 Å². The summed E-state index contributed by atoms with van der Waals surface area (Å²) >= 11 is 6.97. The van der Waals surface area contributed by atoms with Crippen molar-refractivity contribution in [2.24, 2.45) is 7.05 Å². The van der Waals surface area contributed by atoms with Crippen LogP contribution in [0.25, 0.3) is 32.8 Å². The minimum atomic E-state index is -0.373. The van der Waals surface area contributed by atoms with E-state index in [1.807, 2.05) is 55.1 Å². The van der Waals surface area contributed by atoms with Gasteiger partial charge in [-0.3, -0.25) is 4.68 Å². The molecule has 0 amide bonds. The first-order valence-corrected chi connectivity index (χ1v) is 16.1. The van der Waals surface area contributed by atoms with Gasteiger partial charge in [0.15, 0.2) is 0 Å². The van der Waals surface area contributed by atoms with Crippen LogP contribution in [0.3, 0.4) is 0 Å². The lowest BCUT2D eigenvalue weighted by Gasteiger charge is -2.11. The summed E-state index contributed by atoms with van der Waals surface area (Å²) in [5.41, 5.74) is 6.21. The van der Waals surface area contributed by atoms with Crippen LogP contribution in [0.15, 0.2) is 54.6 Å². The molecule has 2 N–H and O–H groups in total. The highest BCUT2D eigenvalue weighted by atomic mass is 35.5. The first kappa shape index (κ1) is 31.6. The maximum atomic E-state index is 13.2. The molecular formula is C36H42ClN3O4. The van der Waals surface area contributed by atoms with E-state index in [0.29, 0.717) is 30.2 Å². The van der Waals surface area contributed by atoms with Gasteiger partial charge in [-0.25, -0.2) is 4.79 Å². The number of aromatic amines is 1. The van der Waals surface area contributed by atoms with Crippen molar-refractivity contribution in [1.82, 2.24) is 14.8 Å². The molecule has 0 unspecified atom stereocenters. The Morgan fingerprint density at radius 3 is 2.52 bits per heavy atom. The summed E-state index contributed by atoms with van der Waals surface area (Å²) in [5, 5.41) is 17.9. The Balaban J connectivity index is 1.49. The fourth-order valence-corrected chi connectivity index (χ4v) is 6.43. The van der Waals surface area contributed by atoms with Crippen LogP contribution in [0, 0.1) is 0 Å². The van der Waals surface area contributed by atoms with E-state index in [1.54, 1.807) is 0 Å². The molecule has 0 spiro atoms. The monoisotopic (exact) mass is 615 g/mol. The van der Waals surface area contributed by atoms with Gasteiger partial charge in [0, 0.05) is 41.2 Å². The standard InChI is InChI=1S/C36H42ClN3O4/c1-4-30-33(29(39-40(30)3)18-8-6-7-11-22-41)32-28(37)21-20-27-26(35(38-34(27)32)36(42)43-5-2)17-13-23-44-31-19-12-15-24-14-9-10-16-25(24)31/h9-10,12,14-16,19-21,38,41H,4-8,11,13,17-18,22-23H2,1-3H3. The van der Waals surface area contributed by atoms with E-state index >= 15 is 0 Å². The molecule has 0 atom stereocenters. The van der Waals surface area contributed by atoms with E-state index in [-0.39, 0.29) is 19.2 Å². The number of aryl methyl sites for hydroxylation is 3. The number of hydrogen-bond acceptors (Lipinski definition) is 5. The highest BCUT2D eigenvalue weighted by molar-refractivity contribution is 6.35. The highest BCUT2D eigenvalue weighted by Gasteiger charge is 2.26. The summed E-state index contributed by atoms with van der Waals surface area (Å²) < 4.78 is 13.7. The predicted octanol–water partition coefficient (Wildman–Crippen LogP) is 8.22. The second-order valence-electron chi connectivity index (χ2n) is 11.1. The lowest BCUT2D eigenvalue weighted by atomic mass is 9.95. The number of rotatable bonds is 15. The fraction of sp³-hybridized carbons (Fsp3) is 0.389. The number of ether oxygens (including phenoxy) is 2. The third-order valence-corrected chi connectivity index (χ3v) is 8.55. The van der Waals surface area contributed by atoms with Gasteiger partial charge in [0.05, 0.1) is 29.4 Å². The number of H-pyrrole nitrogens is 1. The quantitative estimate of drug-likeness (QED) is 0.0915. The highest BCUT2D eigenvalue weighted by Crippen LogP contribution is 2.41. The molecule has 0 saturated heterocycles. The average Bonchev–Trinajstić information content (AvgIpc) is 3.55. The Morgan fingerprint density at radius 1 is 0.932 bits per heavy atom. The molecule has 0 aliphatic heterocycles. The maximum absolute atomic E-state index is 13.2. The van der Waals surface area contributed by atoms with Crippen molar-refractivity contribution in [1.29, 1.82) is 0 Å². The van der Waals surface area contributed by atoms with Gasteiger partial charge in [-0.1, -0.05) is 73.8 Å². The summed E-state index contributed by atoms with van der Waals surface area (Å²) in [6.07, 6.45) is 6.75. The SMILES string of the molecule is CCOC(=O)c1[nH]c2c(-c3c(CCCCCCO)nn(C)c3CC)c(Cl)ccc2c1CCCOc1cccc2ccccc12. The molecule has 0 saturated carbocycles. The lowest BCUT2D eigenvalue weighted by molar-refractivity contribution is 0.0519. The Morgan fingerprint density at radius 2 is 1.73 bits per heavy atom. The molecule has 0 fully saturated rings. The third-order valence-electron chi connectivity index (χ3n) is 8.23. The maximum Gasteiger partial charge on any atom is 0.355 e. The lowest BCUT2D eigenvalue weighted by Crippen LogP contribution is -2.09. The number of aromatic nitrogens is 3. The number of carbonyl (C=O) groups is 1. The van der Waals surface area contributed by atoms with Crippen LogP contribution in [0.4, 0.5) is 0 Å². The Bertz CT molecular complexity index is 1730. The summed E-state index contributed by atoms with van der Waals surface area (Å²) in [5.74, 6) is 0.482. The van der Waals surface area contributed by atoms with Crippen LogP contribution < -0.4 is 4.74 Å². The molecule has 0 aliphatic carbocycles. The van der Waals surface area contributed by atoms with Gasteiger partial charge >= 0.3 is 5.97 Å². The zero-order chi connectivity index (χ0) is 31.1. The second kappa shape index (κ2) is 14.8. The molecule has 0 aliphatic rings. The van der Waals surface area contributed by atoms with Crippen molar-refractivity contribution < 1.29 is 19.4 Å². The summed E-state index contributed by atoms with van der Waals surface area (Å²) in [6, 6.07) is 18.2. The van der Waals surface area contributed by atoms with Crippen molar-refractivity contribution in [3.8, 4) is 16.9 Å². The van der Waals surface area contributed by atoms with Crippen molar-refractivity contribution in [3.63, 3.8) is 0 Å². The number of aliphatic hydroxyl groups excluding tert-OH is 1. The Labute approximate surface area is 264 Å². The molecule has 8 heteroatoms. The van der Waals surface area contributed by atoms with Crippen molar-refractivity contribution in [2.45, 2.75) is 65.2 Å². The zero-order valence-electron chi connectivity index (χ0n) is 25.9. The van der Waals surface area contributed by atoms with Crippen LogP contribution in [-0.2, 0) is 31.0 Å². The number of fused-ring (bicyclic) bond motifs is 2. The molecule has 5 rings (SSSR count). The molecular weight excluding hydrogens is 574 g/mol. The molecule has 44 heavy (non-hydrogen) atoms. The van der Waals surface area contributed by atoms with E-state index in [1.165, 1.54) is 0 Å². The van der Waals surface area contributed by atoms with Gasteiger partial charge in [-0.15, -0.1) is 0 Å². The average molecular weight is 616 g/mol. The first-order valence-electron chi connectivity index (χ1n) is 15.7. The number of esters is 1. The Kier molecular flexibility index (Phi) is 10.6. The third kappa shape index (κ3) is 6.64. The number of unbranched alkanes of at least 4 members (excludes halogenated alkanes) is 3. The zero-order valence-corrected chi connectivity index (χ0v) is 26.7. The predicted molar refractivity (Wildman–Crippen MR) is 178 cm³/mol. The fourth-order valence-electron chi connectivity index (χ4n) is 6.17. The summed E-state index contributed by atoms with van der Waals surface area (Å²) in [4.78, 5) is 16.7. The van der Waals surface area contributed by atoms with Gasteiger partial charge in [0.25, 0.3) is 0 Å². The minimum Gasteiger partial charge on any atom is -0.493 e. The smallest absolute Gasteiger partial charge is 0.355 e. The minimum absolute atomic E-state index is 0.222. The van der Waals surface area contributed by atoms with Gasteiger partial charge in [-0.2, -0.15) is 5.10 Å². The first-order chi connectivity index (χ1) is 21.5. The molecule has 3 aromatic carbocycles. The molecule has 232 valence electrons. The second-order valence-corrected chi connectivity index (χ2v) is 11.5. The molecule has 2 aromatic heterocycles. The number of nitrogens with zero attached hydrogens (tertiary/aromatic N) is 2. The van der Waals surface area contributed by atoms with Gasteiger partial charge in [0.1, 0.15) is 11.4 Å². The number of aliphatic hydroxyl groups is 1. The van der Waals surface area contributed by atoms with Gasteiger partial charge in [0.2, 0.25) is 0 Å². The Hall–Kier alpha value is -3.81. The normalized spacial score (nSPS) is 11.5. The van der Waals surface area contributed by atoms with E-state index in [9.17, 15) is 4.79 Å². The van der Waals surface area contributed by atoms with E-state index in [0.717, 1.165) is 94.0 Å². The van der Waals surface area contributed by atoms with E-state index in [4.69, 9.17) is 31.3 Å². The van der Waals surface area contributed by atoms with Crippen LogP contribution in [0.2, 0.25) is 5.02 Å².